The second-order valence-electron chi connectivity index (χ2n) is 7.07. The first-order valence-electron chi connectivity index (χ1n) is 9.00. The Morgan fingerprint density at radius 2 is 2.04 bits per heavy atom. The third kappa shape index (κ3) is 2.91. The molecule has 4 rings (SSSR count). The Hall–Kier alpha value is -2.38. The summed E-state index contributed by atoms with van der Waals surface area (Å²) in [6.07, 6.45) is 0.964. The predicted octanol–water partition coefficient (Wildman–Crippen LogP) is 3.38. The molecule has 27 heavy (non-hydrogen) atoms. The zero-order chi connectivity index (χ0) is 19.2. The molecule has 1 unspecified atom stereocenters. The molecule has 140 valence electrons. The lowest BCUT2D eigenvalue weighted by molar-refractivity contribution is -0.656. The van der Waals surface area contributed by atoms with Gasteiger partial charge in [0.25, 0.3) is 11.4 Å². The van der Waals surface area contributed by atoms with E-state index in [9.17, 15) is 15.2 Å². The minimum atomic E-state index is -1.29. The van der Waals surface area contributed by atoms with E-state index >= 15 is 0 Å². The summed E-state index contributed by atoms with van der Waals surface area (Å²) in [5.41, 5.74) is 2.73. The zero-order valence-corrected chi connectivity index (χ0v) is 16.2. The van der Waals surface area contributed by atoms with Crippen molar-refractivity contribution in [3.8, 4) is 0 Å². The van der Waals surface area contributed by atoms with Crippen LogP contribution in [0.3, 0.4) is 0 Å². The fraction of sp³-hybridized carbons (Fsp3) is 0.350. The number of nitro benzene ring substituents is 1. The zero-order valence-electron chi connectivity index (χ0n) is 15.4. The van der Waals surface area contributed by atoms with E-state index in [1.54, 1.807) is 23.9 Å². The van der Waals surface area contributed by atoms with E-state index in [4.69, 9.17) is 0 Å². The maximum atomic E-state index is 11.7. The fourth-order valence-corrected chi connectivity index (χ4v) is 5.00. The molecule has 6 nitrogen and oxygen atoms in total. The standard InChI is InChI=1S/C20H22N3O3S/c1-14-6-3-9-18(15(14)2)21-13-20(24,22-10-5-11-27-19(21)22)16-7-4-8-17(12-16)23(25)26/h3-4,6-9,12,24H,5,10-11,13H2,1-2H3/q+1. The van der Waals surface area contributed by atoms with Gasteiger partial charge in [0, 0.05) is 23.4 Å². The Labute approximate surface area is 162 Å². The van der Waals surface area contributed by atoms with Crippen LogP contribution in [-0.4, -0.2) is 38.6 Å². The van der Waals surface area contributed by atoms with E-state index in [1.807, 2.05) is 10.6 Å². The van der Waals surface area contributed by atoms with E-state index < -0.39 is 10.6 Å². The van der Waals surface area contributed by atoms with Crippen molar-refractivity contribution in [3.63, 3.8) is 0 Å². The number of hydrogen-bond acceptors (Lipinski definition) is 5. The summed E-state index contributed by atoms with van der Waals surface area (Å²) < 4.78 is 2.00. The van der Waals surface area contributed by atoms with Crippen molar-refractivity contribution in [1.82, 2.24) is 0 Å². The number of benzene rings is 2. The molecule has 1 atom stereocenters. The van der Waals surface area contributed by atoms with Gasteiger partial charge in [0.1, 0.15) is 5.69 Å². The average Bonchev–Trinajstić information content (AvgIpc) is 2.98. The summed E-state index contributed by atoms with van der Waals surface area (Å²) in [6.45, 7) is 5.25. The number of hydrogen-bond donors (Lipinski definition) is 1. The lowest BCUT2D eigenvalue weighted by atomic mass is 10.0. The number of aryl methyl sites for hydroxylation is 1. The molecule has 2 aliphatic heterocycles. The first kappa shape index (κ1) is 18.0. The summed E-state index contributed by atoms with van der Waals surface area (Å²) in [6, 6.07) is 12.5. The summed E-state index contributed by atoms with van der Waals surface area (Å²) in [7, 11) is 0. The number of amidine groups is 1. The molecule has 2 heterocycles. The number of β-amino-alcohol motifs (C(OH)–C–C–N with tert-alkyl or cyclic N) is 1. The molecular formula is C20H22N3O3S+. The second kappa shape index (κ2) is 6.65. The molecule has 2 aromatic rings. The van der Waals surface area contributed by atoms with Gasteiger partial charge in [-0.15, -0.1) is 0 Å². The quantitative estimate of drug-likeness (QED) is 0.499. The maximum absolute atomic E-state index is 11.7. The summed E-state index contributed by atoms with van der Waals surface area (Å²) in [5, 5.41) is 23.9. The van der Waals surface area contributed by atoms with Crippen molar-refractivity contribution in [1.29, 1.82) is 0 Å². The van der Waals surface area contributed by atoms with Crippen LogP contribution in [-0.2, 0) is 5.72 Å². The minimum absolute atomic E-state index is 0.00248. The van der Waals surface area contributed by atoms with Crippen LogP contribution in [0.5, 0.6) is 0 Å². The number of nitro groups is 1. The lowest BCUT2D eigenvalue weighted by Crippen LogP contribution is -2.41. The third-order valence-corrected chi connectivity index (χ3v) is 6.62. The molecule has 2 aliphatic rings. The van der Waals surface area contributed by atoms with Crippen LogP contribution in [0.4, 0.5) is 11.4 Å². The highest BCUT2D eigenvalue weighted by Crippen LogP contribution is 2.39. The van der Waals surface area contributed by atoms with E-state index in [2.05, 4.69) is 30.9 Å². The van der Waals surface area contributed by atoms with E-state index in [-0.39, 0.29) is 5.69 Å². The summed E-state index contributed by atoms with van der Waals surface area (Å²) in [5.74, 6) is 0.998. The second-order valence-corrected chi connectivity index (χ2v) is 8.13. The van der Waals surface area contributed by atoms with Crippen molar-refractivity contribution in [2.75, 3.05) is 23.7 Å². The molecule has 0 spiro atoms. The molecule has 0 bridgehead atoms. The van der Waals surface area contributed by atoms with Crippen molar-refractivity contribution >= 4 is 28.3 Å². The minimum Gasteiger partial charge on any atom is -0.346 e. The van der Waals surface area contributed by atoms with E-state index in [0.717, 1.165) is 29.6 Å². The van der Waals surface area contributed by atoms with Gasteiger partial charge in [-0.3, -0.25) is 10.1 Å². The molecule has 0 radical (unpaired) electrons. The molecule has 0 saturated heterocycles. The Morgan fingerprint density at radius 3 is 2.81 bits per heavy atom. The van der Waals surface area contributed by atoms with E-state index in [0.29, 0.717) is 12.1 Å². The summed E-state index contributed by atoms with van der Waals surface area (Å²) >= 11 is 1.73. The molecule has 0 fully saturated rings. The summed E-state index contributed by atoms with van der Waals surface area (Å²) in [4.78, 5) is 13.0. The van der Waals surface area contributed by atoms with Crippen LogP contribution in [0.1, 0.15) is 23.1 Å². The van der Waals surface area contributed by atoms with Gasteiger partial charge in [0.05, 0.1) is 11.5 Å². The molecule has 7 heteroatoms. The average molecular weight is 384 g/mol. The van der Waals surface area contributed by atoms with Crippen LogP contribution in [0.15, 0.2) is 42.5 Å². The normalized spacial score (nSPS) is 22.1. The van der Waals surface area contributed by atoms with Crippen LogP contribution in [0.2, 0.25) is 0 Å². The monoisotopic (exact) mass is 384 g/mol. The van der Waals surface area contributed by atoms with Crippen molar-refractivity contribution < 1.29 is 14.6 Å². The number of nitrogens with zero attached hydrogens (tertiary/aromatic N) is 3. The Balaban J connectivity index is 1.84. The number of rotatable bonds is 3. The first-order valence-corrected chi connectivity index (χ1v) is 9.99. The Kier molecular flexibility index (Phi) is 4.44. The first-order chi connectivity index (χ1) is 12.9. The molecule has 2 aromatic carbocycles. The SMILES string of the molecule is Cc1cccc(N2CC(O)(c3cccc([N+](=O)[O-])c3)[N+]3=C2SCCC3)c1C. The highest BCUT2D eigenvalue weighted by molar-refractivity contribution is 8.13. The molecule has 0 aliphatic carbocycles. The third-order valence-electron chi connectivity index (χ3n) is 5.43. The van der Waals surface area contributed by atoms with Crippen molar-refractivity contribution in [2.24, 2.45) is 0 Å². The van der Waals surface area contributed by atoms with Crippen LogP contribution < -0.4 is 4.90 Å². The number of anilines is 1. The van der Waals surface area contributed by atoms with Gasteiger partial charge in [0.15, 0.2) is 6.54 Å². The van der Waals surface area contributed by atoms with Gasteiger partial charge in [-0.2, -0.15) is 0 Å². The van der Waals surface area contributed by atoms with Crippen LogP contribution >= 0.6 is 11.8 Å². The molecule has 1 N–H and O–H groups in total. The smallest absolute Gasteiger partial charge is 0.316 e. The molecule has 0 aromatic heterocycles. The van der Waals surface area contributed by atoms with Crippen molar-refractivity contribution in [2.45, 2.75) is 26.0 Å². The number of non-ortho nitro benzene ring substituents is 1. The van der Waals surface area contributed by atoms with Gasteiger partial charge in [-0.05, 0) is 49.2 Å². The van der Waals surface area contributed by atoms with Crippen LogP contribution in [0.25, 0.3) is 0 Å². The fourth-order valence-electron chi connectivity index (χ4n) is 3.83. The largest absolute Gasteiger partial charge is 0.346 e. The van der Waals surface area contributed by atoms with Gasteiger partial charge in [-0.25, -0.2) is 9.48 Å². The van der Waals surface area contributed by atoms with Gasteiger partial charge < -0.3 is 5.11 Å². The molecular weight excluding hydrogens is 362 g/mol. The van der Waals surface area contributed by atoms with Gasteiger partial charge >= 0.3 is 5.17 Å². The predicted molar refractivity (Wildman–Crippen MR) is 107 cm³/mol. The Morgan fingerprint density at radius 1 is 1.26 bits per heavy atom. The van der Waals surface area contributed by atoms with E-state index in [1.165, 1.54) is 23.3 Å². The number of aliphatic hydroxyl groups is 1. The Bertz CT molecular complexity index is 959. The van der Waals surface area contributed by atoms with Crippen molar-refractivity contribution in [3.05, 3.63) is 69.3 Å². The molecule has 0 saturated carbocycles. The lowest BCUT2D eigenvalue weighted by Gasteiger charge is -2.24. The highest BCUT2D eigenvalue weighted by Gasteiger charge is 2.53. The van der Waals surface area contributed by atoms with Gasteiger partial charge in [0.2, 0.25) is 0 Å². The maximum Gasteiger partial charge on any atom is 0.316 e. The van der Waals surface area contributed by atoms with Crippen LogP contribution in [0, 0.1) is 24.0 Å². The van der Waals surface area contributed by atoms with Gasteiger partial charge in [-0.1, -0.05) is 24.3 Å². The molecule has 0 amide bonds. The highest BCUT2D eigenvalue weighted by atomic mass is 32.2. The topological polar surface area (TPSA) is 69.6 Å². The number of thioether (sulfide) groups is 1.